The smallest absolute Gasteiger partial charge is 0.336 e. The fourth-order valence-corrected chi connectivity index (χ4v) is 3.41. The quantitative estimate of drug-likeness (QED) is 0.768. The topological polar surface area (TPSA) is 74.6 Å². The number of benzene rings is 2. The van der Waals surface area contributed by atoms with Gasteiger partial charge < -0.3 is 10.2 Å². The summed E-state index contributed by atoms with van der Waals surface area (Å²) in [6, 6.07) is 7.11. The van der Waals surface area contributed by atoms with Gasteiger partial charge in [0.15, 0.2) is 0 Å². The largest absolute Gasteiger partial charge is 0.478 e. The lowest BCUT2D eigenvalue weighted by molar-refractivity contribution is 0.0695. The number of rotatable bonds is 4. The van der Waals surface area contributed by atoms with Gasteiger partial charge >= 0.3 is 11.9 Å². The number of hydrogen-bond acceptors (Lipinski definition) is 2. The number of carboxylic acids is 2. The second-order valence-corrected chi connectivity index (χ2v) is 9.47. The van der Waals surface area contributed by atoms with E-state index in [1.165, 1.54) is 0 Å². The number of hydrogen-bond donors (Lipinski definition) is 2. The molecule has 4 nitrogen and oxygen atoms in total. The minimum absolute atomic E-state index is 0.00208. The molecule has 0 unspecified atom stereocenters. The first-order valence-electron chi connectivity index (χ1n) is 8.83. The third kappa shape index (κ3) is 4.84. The summed E-state index contributed by atoms with van der Waals surface area (Å²) in [7, 11) is 0. The van der Waals surface area contributed by atoms with Crippen molar-refractivity contribution in [2.75, 3.05) is 0 Å². The van der Waals surface area contributed by atoms with Gasteiger partial charge in [-0.3, -0.25) is 0 Å². The van der Waals surface area contributed by atoms with Gasteiger partial charge in [0.1, 0.15) is 0 Å². The molecule has 0 spiro atoms. The van der Waals surface area contributed by atoms with Gasteiger partial charge in [-0.05, 0) is 52.3 Å². The Morgan fingerprint density at radius 3 is 1.35 bits per heavy atom. The van der Waals surface area contributed by atoms with Gasteiger partial charge in [0, 0.05) is 5.39 Å². The lowest BCUT2D eigenvalue weighted by Crippen LogP contribution is -2.13. The minimum atomic E-state index is -1.10. The van der Waals surface area contributed by atoms with E-state index in [2.05, 4.69) is 41.5 Å². The van der Waals surface area contributed by atoms with E-state index < -0.39 is 11.9 Å². The van der Waals surface area contributed by atoms with Crippen molar-refractivity contribution in [1.29, 1.82) is 0 Å². The molecule has 2 N–H and O–H groups in total. The summed E-state index contributed by atoms with van der Waals surface area (Å²) < 4.78 is 0. The summed E-state index contributed by atoms with van der Waals surface area (Å²) in [5.74, 6) is -2.20. The van der Waals surface area contributed by atoms with E-state index in [9.17, 15) is 19.8 Å². The average Bonchev–Trinajstić information content (AvgIpc) is 2.41. The van der Waals surface area contributed by atoms with Crippen LogP contribution >= 0.6 is 0 Å². The molecular formula is C22H28O4. The second-order valence-electron chi connectivity index (χ2n) is 9.47. The van der Waals surface area contributed by atoms with Crippen molar-refractivity contribution < 1.29 is 19.8 Å². The molecule has 2 aromatic rings. The summed E-state index contributed by atoms with van der Waals surface area (Å²) in [4.78, 5) is 23.7. The first kappa shape index (κ1) is 20.0. The summed E-state index contributed by atoms with van der Waals surface area (Å²) in [6.45, 7) is 12.6. The third-order valence-electron chi connectivity index (χ3n) is 4.10. The minimum Gasteiger partial charge on any atom is -0.478 e. The molecule has 140 valence electrons. The highest BCUT2D eigenvalue weighted by molar-refractivity contribution is 6.13. The zero-order valence-corrected chi connectivity index (χ0v) is 16.4. The summed E-state index contributed by atoms with van der Waals surface area (Å²) in [6.07, 6.45) is 1.43. The van der Waals surface area contributed by atoms with Crippen LogP contribution in [0, 0.1) is 10.8 Å². The van der Waals surface area contributed by atoms with E-state index in [1.54, 1.807) is 12.1 Å². The monoisotopic (exact) mass is 356 g/mol. The van der Waals surface area contributed by atoms with E-state index in [-0.39, 0.29) is 22.0 Å². The third-order valence-corrected chi connectivity index (χ3v) is 4.10. The molecule has 0 saturated carbocycles. The van der Waals surface area contributed by atoms with Gasteiger partial charge in [0.05, 0.1) is 11.1 Å². The van der Waals surface area contributed by atoms with Crippen molar-refractivity contribution in [1.82, 2.24) is 0 Å². The maximum Gasteiger partial charge on any atom is 0.336 e. The summed E-state index contributed by atoms with van der Waals surface area (Å²) in [5.41, 5.74) is 1.94. The lowest BCUT2D eigenvalue weighted by Gasteiger charge is -2.21. The van der Waals surface area contributed by atoms with Crippen LogP contribution in [0.2, 0.25) is 0 Å². The van der Waals surface area contributed by atoms with Crippen LogP contribution in [0.5, 0.6) is 0 Å². The molecule has 0 aromatic heterocycles. The van der Waals surface area contributed by atoms with Crippen molar-refractivity contribution in [3.63, 3.8) is 0 Å². The predicted molar refractivity (Wildman–Crippen MR) is 104 cm³/mol. The van der Waals surface area contributed by atoms with Gasteiger partial charge in [-0.1, -0.05) is 53.7 Å². The second kappa shape index (κ2) is 6.75. The molecule has 0 fully saturated rings. The van der Waals surface area contributed by atoms with Gasteiger partial charge in [-0.2, -0.15) is 0 Å². The van der Waals surface area contributed by atoms with Crippen LogP contribution in [0.1, 0.15) is 73.4 Å². The predicted octanol–water partition coefficient (Wildman–Crippen LogP) is 5.41. The van der Waals surface area contributed by atoms with Crippen LogP contribution in [0.25, 0.3) is 10.8 Å². The SMILES string of the molecule is CC(C)(C)Cc1cc(C(=O)O)c2c(C(=O)O)cc(CC(C)(C)C)cc2c1. The van der Waals surface area contributed by atoms with E-state index >= 15 is 0 Å². The Morgan fingerprint density at radius 1 is 0.731 bits per heavy atom. The van der Waals surface area contributed by atoms with E-state index in [0.29, 0.717) is 10.8 Å². The van der Waals surface area contributed by atoms with Crippen LogP contribution in [-0.4, -0.2) is 22.2 Å². The van der Waals surface area contributed by atoms with Crippen molar-refractivity contribution >= 4 is 22.7 Å². The van der Waals surface area contributed by atoms with Gasteiger partial charge in [-0.25, -0.2) is 9.59 Å². The highest BCUT2D eigenvalue weighted by Crippen LogP contribution is 2.32. The molecule has 2 aromatic carbocycles. The molecule has 26 heavy (non-hydrogen) atoms. The number of carbonyl (C=O) groups is 2. The van der Waals surface area contributed by atoms with E-state index in [1.807, 2.05) is 12.1 Å². The maximum atomic E-state index is 11.8. The molecule has 0 saturated heterocycles. The summed E-state index contributed by atoms with van der Waals surface area (Å²) in [5, 5.41) is 20.3. The van der Waals surface area contributed by atoms with Crippen molar-refractivity contribution in [2.45, 2.75) is 54.4 Å². The zero-order valence-electron chi connectivity index (χ0n) is 16.4. The first-order valence-corrected chi connectivity index (χ1v) is 8.83. The van der Waals surface area contributed by atoms with Gasteiger partial charge in [0.2, 0.25) is 0 Å². The van der Waals surface area contributed by atoms with Crippen molar-refractivity contribution in [3.05, 3.63) is 46.5 Å². The standard InChI is InChI=1S/C22H28O4/c1-21(2,3)11-13-7-15-8-14(12-22(4,5)6)10-17(20(25)26)18(15)16(9-13)19(23)24/h7-10H,11-12H2,1-6H3,(H,23,24)(H,25,26). The van der Waals surface area contributed by atoms with Crippen molar-refractivity contribution in [3.8, 4) is 0 Å². The lowest BCUT2D eigenvalue weighted by atomic mass is 9.83. The molecule has 0 radical (unpaired) electrons. The van der Waals surface area contributed by atoms with Gasteiger partial charge in [0.25, 0.3) is 0 Å². The normalized spacial score (nSPS) is 12.4. The molecule has 0 bridgehead atoms. The molecule has 2 rings (SSSR count). The van der Waals surface area contributed by atoms with E-state index in [0.717, 1.165) is 24.0 Å². The molecule has 0 heterocycles. The molecular weight excluding hydrogens is 328 g/mol. The van der Waals surface area contributed by atoms with Crippen LogP contribution in [0.15, 0.2) is 24.3 Å². The molecule has 0 aliphatic carbocycles. The molecule has 0 aliphatic heterocycles. The van der Waals surface area contributed by atoms with Crippen LogP contribution in [0.3, 0.4) is 0 Å². The van der Waals surface area contributed by atoms with Crippen LogP contribution in [0.4, 0.5) is 0 Å². The Bertz CT molecular complexity index is 796. The number of aromatic carboxylic acids is 2. The Hall–Kier alpha value is -2.36. The molecule has 4 heteroatoms. The van der Waals surface area contributed by atoms with Gasteiger partial charge in [-0.15, -0.1) is 0 Å². The average molecular weight is 356 g/mol. The fraction of sp³-hybridized carbons (Fsp3) is 0.455. The first-order chi connectivity index (χ1) is 11.8. The van der Waals surface area contributed by atoms with Crippen LogP contribution in [-0.2, 0) is 12.8 Å². The Kier molecular flexibility index (Phi) is 5.18. The molecule has 0 aliphatic rings. The fourth-order valence-electron chi connectivity index (χ4n) is 3.41. The van der Waals surface area contributed by atoms with E-state index in [4.69, 9.17) is 0 Å². The number of fused-ring (bicyclic) bond motifs is 1. The highest BCUT2D eigenvalue weighted by atomic mass is 16.4. The molecule has 0 atom stereocenters. The zero-order chi connectivity index (χ0) is 19.9. The highest BCUT2D eigenvalue weighted by Gasteiger charge is 2.22. The summed E-state index contributed by atoms with van der Waals surface area (Å²) >= 11 is 0. The van der Waals surface area contributed by atoms with Crippen LogP contribution < -0.4 is 0 Å². The number of carboxylic acid groups (broad SMARTS) is 2. The Balaban J connectivity index is 2.81. The molecule has 0 amide bonds. The Labute approximate surface area is 154 Å². The maximum absolute atomic E-state index is 11.8. The van der Waals surface area contributed by atoms with Crippen molar-refractivity contribution in [2.24, 2.45) is 10.8 Å². The Morgan fingerprint density at radius 2 is 1.08 bits per heavy atom.